The number of methoxy groups -OCH3 is 3. The molecule has 0 bridgehead atoms. The lowest BCUT2D eigenvalue weighted by molar-refractivity contribution is 0.322. The van der Waals surface area contributed by atoms with Gasteiger partial charge in [-0.05, 0) is 72.0 Å². The Morgan fingerprint density at radius 3 is 2.39 bits per heavy atom. The first-order valence-corrected chi connectivity index (χ1v) is 13.4. The minimum absolute atomic E-state index is 0.0294. The van der Waals surface area contributed by atoms with Gasteiger partial charge in [-0.1, -0.05) is 29.8 Å². The third-order valence-corrected chi connectivity index (χ3v) is 8.38. The van der Waals surface area contributed by atoms with Crippen LogP contribution in [-0.2, 0) is 10.0 Å². The largest absolute Gasteiger partial charge is 0.493 e. The molecule has 3 atom stereocenters. The van der Waals surface area contributed by atoms with Crippen LogP contribution in [0.1, 0.15) is 29.5 Å². The zero-order chi connectivity index (χ0) is 25.4. The number of ether oxygens (including phenoxy) is 3. The Kier molecular flexibility index (Phi) is 6.49. The molecule has 0 aromatic heterocycles. The molecule has 1 aliphatic carbocycles. The normalized spacial score (nSPS) is 20.2. The molecule has 1 heterocycles. The molecule has 0 spiro atoms. The maximum atomic E-state index is 13.1. The number of rotatable bonds is 7. The van der Waals surface area contributed by atoms with Gasteiger partial charge in [-0.15, -0.1) is 0 Å². The Morgan fingerprint density at radius 2 is 1.72 bits per heavy atom. The predicted octanol–water partition coefficient (Wildman–Crippen LogP) is 5.99. The first-order chi connectivity index (χ1) is 17.3. The van der Waals surface area contributed by atoms with Crippen LogP contribution in [0.25, 0.3) is 0 Å². The fourth-order valence-corrected chi connectivity index (χ4v) is 6.39. The number of fused-ring (bicyclic) bond motifs is 3. The van der Waals surface area contributed by atoms with Gasteiger partial charge in [0, 0.05) is 16.6 Å². The number of sulfonamides is 1. The molecule has 2 N–H and O–H groups in total. The molecule has 36 heavy (non-hydrogen) atoms. The van der Waals surface area contributed by atoms with Gasteiger partial charge in [0.05, 0.1) is 38.0 Å². The van der Waals surface area contributed by atoms with E-state index >= 15 is 0 Å². The zero-order valence-corrected chi connectivity index (χ0v) is 21.7. The highest BCUT2D eigenvalue weighted by Gasteiger charge is 2.39. The number of nitrogens with one attached hydrogen (secondary N) is 2. The van der Waals surface area contributed by atoms with Gasteiger partial charge in [-0.3, -0.25) is 4.72 Å². The van der Waals surface area contributed by atoms with E-state index in [9.17, 15) is 8.42 Å². The van der Waals surface area contributed by atoms with Crippen molar-refractivity contribution < 1.29 is 22.6 Å². The number of hydrogen-bond donors (Lipinski definition) is 2. The summed E-state index contributed by atoms with van der Waals surface area (Å²) in [5.41, 5.74) is 3.27. The summed E-state index contributed by atoms with van der Waals surface area (Å²) in [6, 6.07) is 15.7. The number of allylic oxidation sites excluding steroid dienone is 2. The molecular formula is C27H27ClN2O5S. The van der Waals surface area contributed by atoms with E-state index in [4.69, 9.17) is 25.8 Å². The highest BCUT2D eigenvalue weighted by molar-refractivity contribution is 7.92. The first kappa shape index (κ1) is 24.3. The monoisotopic (exact) mass is 526 g/mol. The van der Waals surface area contributed by atoms with E-state index in [2.05, 4.69) is 22.2 Å². The number of benzene rings is 3. The summed E-state index contributed by atoms with van der Waals surface area (Å²) in [7, 11) is 0.994. The van der Waals surface area contributed by atoms with Crippen molar-refractivity contribution in [2.45, 2.75) is 23.3 Å². The van der Waals surface area contributed by atoms with Crippen molar-refractivity contribution in [1.82, 2.24) is 0 Å². The second kappa shape index (κ2) is 9.59. The van der Waals surface area contributed by atoms with E-state index in [0.717, 1.165) is 23.2 Å². The molecule has 0 radical (unpaired) electrons. The van der Waals surface area contributed by atoms with Gasteiger partial charge >= 0.3 is 0 Å². The van der Waals surface area contributed by atoms with Crippen LogP contribution in [0.2, 0.25) is 5.02 Å². The number of hydrogen-bond acceptors (Lipinski definition) is 6. The minimum atomic E-state index is -3.79. The highest BCUT2D eigenvalue weighted by atomic mass is 35.5. The Hall–Kier alpha value is -3.36. The summed E-state index contributed by atoms with van der Waals surface area (Å²) in [5.74, 6) is 1.99. The summed E-state index contributed by atoms with van der Waals surface area (Å²) in [5, 5.41) is 4.10. The standard InChI is InChI=1S/C27H27ClN2O5S/c1-33-24-12-16(13-25(34-2)27(24)35-3)26-21-9-5-8-20(21)22-15-19(10-11-23(22)29-26)36(31,32)30-18-7-4-6-17(28)14-18/h4-8,10-15,20-21,26,29-30H,9H2,1-3H3/t20-,21+,26+/m0/s1. The molecule has 0 saturated heterocycles. The van der Waals surface area contributed by atoms with Gasteiger partial charge in [-0.2, -0.15) is 0 Å². The van der Waals surface area contributed by atoms with E-state index in [1.165, 1.54) is 0 Å². The quantitative estimate of drug-likeness (QED) is 0.368. The van der Waals surface area contributed by atoms with Crippen LogP contribution >= 0.6 is 11.6 Å². The van der Waals surface area contributed by atoms with Crippen LogP contribution in [-0.4, -0.2) is 29.7 Å². The first-order valence-electron chi connectivity index (χ1n) is 11.5. The summed E-state index contributed by atoms with van der Waals surface area (Å²) in [6.45, 7) is 0. The maximum Gasteiger partial charge on any atom is 0.261 e. The maximum absolute atomic E-state index is 13.1. The lowest BCUT2D eigenvalue weighted by Gasteiger charge is -2.38. The molecule has 0 saturated carbocycles. The molecule has 3 aromatic carbocycles. The summed E-state index contributed by atoms with van der Waals surface area (Å²) in [6.07, 6.45) is 5.18. The van der Waals surface area contributed by atoms with Crippen molar-refractivity contribution in [2.75, 3.05) is 31.4 Å². The third kappa shape index (κ3) is 4.35. The fraction of sp³-hybridized carbons (Fsp3) is 0.259. The van der Waals surface area contributed by atoms with Crippen LogP contribution in [0.3, 0.4) is 0 Å². The molecule has 0 fully saturated rings. The Morgan fingerprint density at radius 1 is 0.972 bits per heavy atom. The van der Waals surface area contributed by atoms with E-state index in [1.54, 1.807) is 57.7 Å². The van der Waals surface area contributed by atoms with E-state index < -0.39 is 10.0 Å². The van der Waals surface area contributed by atoms with Crippen LogP contribution in [0.15, 0.2) is 71.6 Å². The minimum Gasteiger partial charge on any atom is -0.493 e. The van der Waals surface area contributed by atoms with Crippen molar-refractivity contribution in [3.63, 3.8) is 0 Å². The van der Waals surface area contributed by atoms with Crippen molar-refractivity contribution >= 4 is 33.0 Å². The number of anilines is 2. The van der Waals surface area contributed by atoms with E-state index in [0.29, 0.717) is 28.0 Å². The van der Waals surface area contributed by atoms with Gasteiger partial charge < -0.3 is 19.5 Å². The van der Waals surface area contributed by atoms with Gasteiger partial charge in [0.2, 0.25) is 5.75 Å². The summed E-state index contributed by atoms with van der Waals surface area (Å²) >= 11 is 6.02. The summed E-state index contributed by atoms with van der Waals surface area (Å²) < 4.78 is 45.5. The SMILES string of the molecule is COc1cc([C@H]2Nc3ccc(S(=O)(=O)Nc4cccc(Cl)c4)cc3[C@H]3C=CC[C@H]32)cc(OC)c1OC. The van der Waals surface area contributed by atoms with Crippen LogP contribution in [0.4, 0.5) is 11.4 Å². The smallest absolute Gasteiger partial charge is 0.261 e. The predicted molar refractivity (Wildman–Crippen MR) is 141 cm³/mol. The lowest BCUT2D eigenvalue weighted by atomic mass is 9.77. The van der Waals surface area contributed by atoms with Crippen molar-refractivity contribution in [3.8, 4) is 17.2 Å². The second-order valence-electron chi connectivity index (χ2n) is 8.80. The van der Waals surface area contributed by atoms with Gasteiger partial charge in [0.15, 0.2) is 11.5 Å². The fourth-order valence-electron chi connectivity index (χ4n) is 5.12. The molecule has 3 aromatic rings. The van der Waals surface area contributed by atoms with Gasteiger partial charge in [0.25, 0.3) is 10.0 Å². The van der Waals surface area contributed by atoms with Crippen molar-refractivity contribution in [2.24, 2.45) is 5.92 Å². The third-order valence-electron chi connectivity index (χ3n) is 6.77. The van der Waals surface area contributed by atoms with Crippen molar-refractivity contribution in [1.29, 1.82) is 0 Å². The van der Waals surface area contributed by atoms with Crippen LogP contribution < -0.4 is 24.2 Å². The average Bonchev–Trinajstić information content (AvgIpc) is 3.37. The van der Waals surface area contributed by atoms with Crippen LogP contribution in [0, 0.1) is 5.92 Å². The number of halogens is 1. The Bertz CT molecular complexity index is 1410. The summed E-state index contributed by atoms with van der Waals surface area (Å²) in [4.78, 5) is 0.202. The molecule has 0 unspecified atom stereocenters. The molecule has 2 aliphatic rings. The average molecular weight is 527 g/mol. The molecular weight excluding hydrogens is 500 g/mol. The zero-order valence-electron chi connectivity index (χ0n) is 20.1. The van der Waals surface area contributed by atoms with E-state index in [-0.39, 0.29) is 22.8 Å². The topological polar surface area (TPSA) is 85.9 Å². The lowest BCUT2D eigenvalue weighted by Crippen LogP contribution is -2.29. The molecule has 188 valence electrons. The molecule has 7 nitrogen and oxygen atoms in total. The molecule has 5 rings (SSSR count). The van der Waals surface area contributed by atoms with E-state index in [1.807, 2.05) is 18.2 Å². The van der Waals surface area contributed by atoms with Gasteiger partial charge in [-0.25, -0.2) is 8.42 Å². The van der Waals surface area contributed by atoms with Crippen LogP contribution in [0.5, 0.6) is 17.2 Å². The molecule has 0 amide bonds. The highest BCUT2D eigenvalue weighted by Crippen LogP contribution is 2.52. The Labute approximate surface area is 216 Å². The van der Waals surface area contributed by atoms with Crippen molar-refractivity contribution in [3.05, 3.63) is 82.9 Å². The second-order valence-corrected chi connectivity index (χ2v) is 10.9. The molecule has 1 aliphatic heterocycles. The van der Waals surface area contributed by atoms with Gasteiger partial charge in [0.1, 0.15) is 0 Å². The Balaban J connectivity index is 1.51. The molecule has 9 heteroatoms.